The van der Waals surface area contributed by atoms with Gasteiger partial charge in [-0.2, -0.15) is 0 Å². The summed E-state index contributed by atoms with van der Waals surface area (Å²) in [6, 6.07) is -8.68. The van der Waals surface area contributed by atoms with Crippen molar-refractivity contribution in [2.75, 3.05) is 26.2 Å². The zero-order valence-electron chi connectivity index (χ0n) is 70.0. The smallest absolute Gasteiger partial charge is 0.305 e. The predicted octanol–water partition coefficient (Wildman–Crippen LogP) is -3.61. The number of hydrogen-bond acceptors (Lipinski definition) is 20. The quantitative estimate of drug-likeness (QED) is 0.0109. The van der Waals surface area contributed by atoms with E-state index >= 15 is 9.59 Å². The molecule has 2 heterocycles. The van der Waals surface area contributed by atoms with Gasteiger partial charge in [0.25, 0.3) is 0 Å². The average Bonchev–Trinajstić information content (AvgIpc) is 0.877. The van der Waals surface area contributed by atoms with E-state index in [1.165, 1.54) is 20.8 Å². The van der Waals surface area contributed by atoms with Crippen LogP contribution in [0, 0.1) is 17.8 Å². The lowest BCUT2D eigenvalue weighted by molar-refractivity contribution is -0.142. The third kappa shape index (κ3) is 36.4. The summed E-state index contributed by atoms with van der Waals surface area (Å²) in [6.45, 7) is 16.8. The van der Waals surface area contributed by atoms with E-state index in [9.17, 15) is 91.7 Å². The summed E-state index contributed by atoms with van der Waals surface area (Å²) in [7, 11) is 0. The summed E-state index contributed by atoms with van der Waals surface area (Å²) in [4.78, 5) is 267. The topological polar surface area (TPSA) is 648 Å². The number of primary amides is 1. The van der Waals surface area contributed by atoms with Gasteiger partial charge in [0.2, 0.25) is 100 Å². The Kier molecular flexibility index (Phi) is 43.6. The van der Waals surface area contributed by atoms with Gasteiger partial charge in [-0.25, -0.2) is 0 Å². The van der Waals surface area contributed by atoms with Crippen molar-refractivity contribution in [1.82, 2.24) is 85.1 Å². The molecule has 0 saturated carbocycles. The Balaban J connectivity index is 2.11. The summed E-state index contributed by atoms with van der Waals surface area (Å²) in [5.74, 6) is -21.3. The second-order valence-electron chi connectivity index (χ2n) is 31.0. The van der Waals surface area contributed by atoms with Crippen molar-refractivity contribution in [1.29, 1.82) is 0 Å². The highest BCUT2D eigenvalue weighted by Gasteiger charge is 2.43. The highest BCUT2D eigenvalue weighted by atomic mass is 16.4. The molecule has 0 aromatic heterocycles. The summed E-state index contributed by atoms with van der Waals surface area (Å²) < 4.78 is 0. The number of carbonyl (C=O) groups excluding carboxylic acids is 17. The highest BCUT2D eigenvalue weighted by molar-refractivity contribution is 6.02. The Hall–Kier alpha value is -12.1. The lowest BCUT2D eigenvalue weighted by Crippen LogP contribution is -2.64. The number of aliphatic imine (C=N–C) groups is 1. The number of nitrogens with two attached hydrogens (primary N) is 3. The molecule has 0 radical (unpaired) electrons. The predicted molar refractivity (Wildman–Crippen MR) is 437 cm³/mol. The van der Waals surface area contributed by atoms with E-state index in [2.05, 4.69) is 96.6 Å². The van der Waals surface area contributed by atoms with Crippen LogP contribution in [-0.4, -0.2) is 232 Å². The Morgan fingerprint density at radius 3 is 1.85 bits per heavy atom. The van der Waals surface area contributed by atoms with Crippen LogP contribution in [0.25, 0.3) is 0 Å². The molecule has 1 aromatic rings. The van der Waals surface area contributed by atoms with Crippen molar-refractivity contribution >= 4 is 118 Å². The van der Waals surface area contributed by atoms with E-state index in [0.29, 0.717) is 5.56 Å². The fraction of sp³-hybridized carbons (Fsp3) is 0.620. The number of amides is 17. The van der Waals surface area contributed by atoms with E-state index in [1.54, 1.807) is 84.0 Å². The number of carboxylic acid groups (broad SMARTS) is 2. The largest absolute Gasteiger partial charge is 0.481 e. The molecule has 1 aromatic carbocycles. The summed E-state index contributed by atoms with van der Waals surface area (Å²) in [6.07, 6.45) is 1.90. The zero-order chi connectivity index (χ0) is 90.1. The van der Waals surface area contributed by atoms with Crippen LogP contribution in [0.15, 0.2) is 60.1 Å². The maximum absolute atomic E-state index is 15.1. The van der Waals surface area contributed by atoms with Crippen molar-refractivity contribution in [3.8, 4) is 0 Å². The number of aliphatic carboxylic acids is 2. The number of nitrogens with zero attached hydrogens (tertiary/aromatic N) is 1. The molecule has 41 nitrogen and oxygen atoms in total. The van der Waals surface area contributed by atoms with Crippen molar-refractivity contribution in [2.24, 2.45) is 39.9 Å². The first kappa shape index (κ1) is 102. The number of nitrogens with one attached hydrogen (secondary N) is 16. The van der Waals surface area contributed by atoms with Gasteiger partial charge in [0.1, 0.15) is 77.5 Å². The van der Waals surface area contributed by atoms with E-state index in [4.69, 9.17) is 17.2 Å². The Morgan fingerprint density at radius 1 is 0.642 bits per heavy atom. The monoisotopic (exact) mass is 1690 g/mol. The van der Waals surface area contributed by atoms with E-state index in [1.807, 2.05) is 0 Å². The van der Waals surface area contributed by atoms with Crippen LogP contribution in [-0.2, 0) is 97.5 Å². The van der Waals surface area contributed by atoms with Crippen LogP contribution in [0.3, 0.4) is 0 Å². The van der Waals surface area contributed by atoms with Gasteiger partial charge in [-0.05, 0) is 134 Å². The second kappa shape index (κ2) is 51.3. The number of guanidine groups is 1. The lowest BCUT2D eigenvalue weighted by Gasteiger charge is -2.34. The standard InChI is InChI=1S/C79H124N20O21/c1-12-44(6)62-73(117)86-42-59(103)89-55(40-61(106)107)72(116)99-78(10,75(119)95-52(64(80)108)38-48-27-20-19-21-28-48)33-23-17-15-16-18-24-34-79(11,76(120)97-62)98-71(115)50(30-26-36-84-77(81)82)90-68(112)53(37-43(4)5)93-67(111)51(31-32-60(104)105)91-69(113)54-39-58(102)83-35-25-22-29-49(88-47(9)100)66(110)94-56(41-85-57(101)14-3)70(114)96-63(45(7)13-2)74(118)87-46(8)65(109)92-54/h14-16,19-21,27-28,43-46,49-56,62-63H,3,12-13,17-18,22-26,29-42H2,1-2,4-11H3,(H2,80,108)(H,83,102)(H,85,101)(H,86,117)(H,87,118)(H,88,100)(H,89,103)(H,90,112)(H,91,113)(H,92,109)(H,93,111)(H,94,110)(H,95,119)(H,96,114)(H,97,120)(H,98,115)(H,99,116)(H,104,105)(H,106,107)(H4,81,82,84)/b16-15+/t44-,45-,46-,49-,50-,51-,52-,53-,54-,55-,56?,62-,63-,78-,79-/m0/s1. The SMILES string of the molecule is C=CC(=O)NCC1NC(=O)[C@@H](NC(C)=O)CCCCNC(=O)C[C@@H](C(=O)N[C@@H](CCC(=O)O)C(=O)N[C@@H](CC(C)C)C(=O)N[C@@H](CCCN=C(N)N)C(=O)N[C@@]2(C)CCC/C=C/CCC[C@@](C)(C(=O)N[C@@H](Cc3ccccc3)C(N)=O)NC(=O)[C@H](CC(=O)O)NC(=O)CNC(=O)[C@H]([C@@H](C)CC)NC2=O)NC(=O)[C@H](C)NC(=O)[C@H]([C@@H](C)CC)NC1=O. The number of hydrogen-bond donors (Lipinski definition) is 21. The third-order valence-corrected chi connectivity index (χ3v) is 20.2. The van der Waals surface area contributed by atoms with Gasteiger partial charge >= 0.3 is 11.9 Å². The lowest BCUT2D eigenvalue weighted by atomic mass is 9.90. The van der Waals surface area contributed by atoms with Gasteiger partial charge in [0.15, 0.2) is 5.96 Å². The van der Waals surface area contributed by atoms with Crippen molar-refractivity contribution in [2.45, 2.75) is 269 Å². The maximum Gasteiger partial charge on any atom is 0.305 e. The molecule has 120 heavy (non-hydrogen) atoms. The third-order valence-electron chi connectivity index (χ3n) is 20.2. The van der Waals surface area contributed by atoms with Crippen LogP contribution < -0.4 is 102 Å². The summed E-state index contributed by atoms with van der Waals surface area (Å²) in [5, 5.41) is 60.4. The number of carboxylic acids is 2. The molecule has 41 heteroatoms. The minimum atomic E-state index is -1.96. The van der Waals surface area contributed by atoms with Gasteiger partial charge < -0.3 is 112 Å². The molecule has 15 atom stereocenters. The van der Waals surface area contributed by atoms with E-state index < -0.39 is 246 Å². The molecule has 0 spiro atoms. The fourth-order valence-electron chi connectivity index (χ4n) is 12.8. The Morgan fingerprint density at radius 2 is 1.26 bits per heavy atom. The normalized spacial score (nSPS) is 23.8. The van der Waals surface area contributed by atoms with Crippen LogP contribution in [0.2, 0.25) is 0 Å². The molecule has 0 bridgehead atoms. The summed E-state index contributed by atoms with van der Waals surface area (Å²) in [5.41, 5.74) is 13.8. The molecular formula is C79H124N20O21. The van der Waals surface area contributed by atoms with Gasteiger partial charge in [-0.15, -0.1) is 0 Å². The second-order valence-corrected chi connectivity index (χ2v) is 31.0. The molecule has 0 aliphatic carbocycles. The molecule has 24 N–H and O–H groups in total. The first-order valence-corrected chi connectivity index (χ1v) is 40.3. The molecule has 666 valence electrons. The minimum absolute atomic E-state index is 0.00998. The van der Waals surface area contributed by atoms with Crippen LogP contribution in [0.5, 0.6) is 0 Å². The Bertz CT molecular complexity index is 3860. The first-order chi connectivity index (χ1) is 56.5. The Labute approximate surface area is 697 Å². The van der Waals surface area contributed by atoms with Crippen molar-refractivity contribution < 1.29 is 101 Å². The number of carbonyl (C=O) groups is 19. The minimum Gasteiger partial charge on any atom is -0.481 e. The highest BCUT2D eigenvalue weighted by Crippen LogP contribution is 2.22. The summed E-state index contributed by atoms with van der Waals surface area (Å²) >= 11 is 0. The maximum atomic E-state index is 15.1. The fourth-order valence-corrected chi connectivity index (χ4v) is 12.8. The van der Waals surface area contributed by atoms with Crippen molar-refractivity contribution in [3.63, 3.8) is 0 Å². The van der Waals surface area contributed by atoms with E-state index in [-0.39, 0.29) is 115 Å². The molecule has 3 rings (SSSR count). The first-order valence-electron chi connectivity index (χ1n) is 40.3. The van der Waals surface area contributed by atoms with E-state index in [0.717, 1.165) is 13.0 Å². The molecule has 17 amide bonds. The van der Waals surface area contributed by atoms with Gasteiger partial charge in [-0.1, -0.05) is 103 Å². The number of benzene rings is 1. The van der Waals surface area contributed by atoms with Gasteiger partial charge in [0.05, 0.1) is 19.4 Å². The average molecular weight is 1690 g/mol. The number of rotatable bonds is 32. The van der Waals surface area contributed by atoms with Gasteiger partial charge in [-0.3, -0.25) is 96.1 Å². The van der Waals surface area contributed by atoms with Crippen LogP contribution >= 0.6 is 0 Å². The molecule has 2 aliphatic rings. The van der Waals surface area contributed by atoms with Crippen LogP contribution in [0.4, 0.5) is 0 Å². The van der Waals surface area contributed by atoms with Crippen molar-refractivity contribution in [3.05, 3.63) is 60.7 Å². The van der Waals surface area contributed by atoms with Crippen LogP contribution in [0.1, 0.15) is 190 Å². The number of allylic oxidation sites excluding steroid dienone is 2. The zero-order valence-corrected chi connectivity index (χ0v) is 70.0. The molecule has 1 unspecified atom stereocenters. The molecule has 1 saturated heterocycles. The molecule has 1 fully saturated rings. The van der Waals surface area contributed by atoms with Gasteiger partial charge in [0, 0.05) is 39.4 Å². The molecular weight excluding hydrogens is 1560 g/mol. The molecule has 2 aliphatic heterocycles.